The summed E-state index contributed by atoms with van der Waals surface area (Å²) < 4.78 is 0. The van der Waals surface area contributed by atoms with E-state index in [0.717, 1.165) is 5.75 Å². The average Bonchev–Trinajstić information content (AvgIpc) is 2.39. The molecule has 0 radical (unpaired) electrons. The van der Waals surface area contributed by atoms with Crippen molar-refractivity contribution in [1.82, 2.24) is 0 Å². The van der Waals surface area contributed by atoms with Gasteiger partial charge in [0.2, 0.25) is 0 Å². The van der Waals surface area contributed by atoms with Gasteiger partial charge in [0.25, 0.3) is 0 Å². The van der Waals surface area contributed by atoms with E-state index in [9.17, 15) is 0 Å². The summed E-state index contributed by atoms with van der Waals surface area (Å²) in [6.45, 7) is 6.25. The van der Waals surface area contributed by atoms with Gasteiger partial charge in [-0.25, -0.2) is 0 Å². The van der Waals surface area contributed by atoms with E-state index in [1.165, 1.54) is 21.6 Å². The molecule has 2 aromatic carbocycles. The first kappa shape index (κ1) is 12.0. The van der Waals surface area contributed by atoms with Gasteiger partial charge in [0, 0.05) is 10.6 Å². The van der Waals surface area contributed by atoms with Crippen LogP contribution in [-0.2, 0) is 0 Å². The molecule has 0 amide bonds. The standard InChI is InChI=1S/C16H16S/c1-13-8-10-16(11-9-13)17-12-14(2)15-6-4-3-5-7-15/h3-11H,2,12H2,1H3. The fourth-order valence-corrected chi connectivity index (χ4v) is 2.40. The topological polar surface area (TPSA) is 0 Å². The second-order valence-corrected chi connectivity index (χ2v) is 5.12. The van der Waals surface area contributed by atoms with E-state index < -0.39 is 0 Å². The third-order valence-corrected chi connectivity index (χ3v) is 3.71. The molecule has 0 heterocycles. The molecule has 0 N–H and O–H groups in total. The highest BCUT2D eigenvalue weighted by Gasteiger charge is 1.99. The molecule has 0 aliphatic carbocycles. The minimum absolute atomic E-state index is 0.938. The number of rotatable bonds is 4. The molecule has 0 aliphatic heterocycles. The van der Waals surface area contributed by atoms with Crippen molar-refractivity contribution >= 4 is 17.3 Å². The first-order chi connectivity index (χ1) is 8.25. The number of hydrogen-bond donors (Lipinski definition) is 0. The lowest BCUT2D eigenvalue weighted by Gasteiger charge is -2.06. The molecule has 0 saturated carbocycles. The van der Waals surface area contributed by atoms with Gasteiger partial charge in [-0.3, -0.25) is 0 Å². The van der Waals surface area contributed by atoms with Gasteiger partial charge >= 0.3 is 0 Å². The lowest BCUT2D eigenvalue weighted by Crippen LogP contribution is -1.85. The van der Waals surface area contributed by atoms with E-state index in [1.807, 2.05) is 17.8 Å². The van der Waals surface area contributed by atoms with Crippen molar-refractivity contribution in [1.29, 1.82) is 0 Å². The second-order valence-electron chi connectivity index (χ2n) is 4.07. The van der Waals surface area contributed by atoms with Crippen molar-refractivity contribution in [2.45, 2.75) is 11.8 Å². The lowest BCUT2D eigenvalue weighted by molar-refractivity contribution is 1.38. The normalized spacial score (nSPS) is 10.2. The third kappa shape index (κ3) is 3.50. The van der Waals surface area contributed by atoms with Crippen LogP contribution in [-0.4, -0.2) is 5.75 Å². The van der Waals surface area contributed by atoms with Gasteiger partial charge in [-0.1, -0.05) is 54.6 Å². The maximum Gasteiger partial charge on any atom is 0.0232 e. The van der Waals surface area contributed by atoms with Crippen LogP contribution in [0.15, 0.2) is 66.1 Å². The molecule has 86 valence electrons. The molecule has 0 spiro atoms. The number of thioether (sulfide) groups is 1. The second kappa shape index (κ2) is 5.74. The maximum atomic E-state index is 4.14. The van der Waals surface area contributed by atoms with Crippen molar-refractivity contribution in [3.63, 3.8) is 0 Å². The Kier molecular flexibility index (Phi) is 4.05. The van der Waals surface area contributed by atoms with E-state index in [2.05, 4.69) is 62.0 Å². The molecule has 0 aromatic heterocycles. The van der Waals surface area contributed by atoms with Crippen molar-refractivity contribution < 1.29 is 0 Å². The van der Waals surface area contributed by atoms with Crippen LogP contribution in [0.3, 0.4) is 0 Å². The molecular weight excluding hydrogens is 224 g/mol. The Morgan fingerprint density at radius 3 is 2.29 bits per heavy atom. The van der Waals surface area contributed by atoms with E-state index in [1.54, 1.807) is 0 Å². The molecule has 17 heavy (non-hydrogen) atoms. The van der Waals surface area contributed by atoms with Crippen LogP contribution >= 0.6 is 11.8 Å². The molecule has 2 aromatic rings. The maximum absolute atomic E-state index is 4.14. The Balaban J connectivity index is 1.95. The fraction of sp³-hybridized carbons (Fsp3) is 0.125. The summed E-state index contributed by atoms with van der Waals surface area (Å²) >= 11 is 1.83. The van der Waals surface area contributed by atoms with Crippen molar-refractivity contribution in [2.75, 3.05) is 5.75 Å². The Morgan fingerprint density at radius 1 is 1.00 bits per heavy atom. The highest BCUT2D eigenvalue weighted by molar-refractivity contribution is 7.99. The van der Waals surface area contributed by atoms with E-state index in [0.29, 0.717) is 0 Å². The first-order valence-electron chi connectivity index (χ1n) is 5.68. The highest BCUT2D eigenvalue weighted by Crippen LogP contribution is 2.24. The summed E-state index contributed by atoms with van der Waals surface area (Å²) in [6, 6.07) is 19.0. The molecule has 0 aliphatic rings. The Labute approximate surface area is 107 Å². The fourth-order valence-electron chi connectivity index (χ4n) is 1.56. The number of hydrogen-bond acceptors (Lipinski definition) is 1. The van der Waals surface area contributed by atoms with Crippen LogP contribution in [0, 0.1) is 6.92 Å². The number of aryl methyl sites for hydroxylation is 1. The monoisotopic (exact) mass is 240 g/mol. The Hall–Kier alpha value is -1.47. The van der Waals surface area contributed by atoms with Crippen molar-refractivity contribution in [3.8, 4) is 0 Å². The van der Waals surface area contributed by atoms with Crippen LogP contribution in [0.2, 0.25) is 0 Å². The van der Waals surface area contributed by atoms with E-state index >= 15 is 0 Å². The third-order valence-electron chi connectivity index (χ3n) is 2.62. The summed E-state index contributed by atoms with van der Waals surface area (Å²) in [5.41, 5.74) is 3.71. The van der Waals surface area contributed by atoms with Crippen molar-refractivity contribution in [3.05, 3.63) is 72.3 Å². The van der Waals surface area contributed by atoms with E-state index in [-0.39, 0.29) is 0 Å². The SMILES string of the molecule is C=C(CSc1ccc(C)cc1)c1ccccc1. The molecular formula is C16H16S. The molecule has 0 nitrogen and oxygen atoms in total. The van der Waals surface area contributed by atoms with Gasteiger partial charge in [-0.2, -0.15) is 0 Å². The van der Waals surface area contributed by atoms with Crippen molar-refractivity contribution in [2.24, 2.45) is 0 Å². The molecule has 1 heteroatoms. The lowest BCUT2D eigenvalue weighted by atomic mass is 10.1. The molecule has 2 rings (SSSR count). The van der Waals surface area contributed by atoms with E-state index in [4.69, 9.17) is 0 Å². The largest absolute Gasteiger partial charge is 0.121 e. The van der Waals surface area contributed by atoms with Crippen LogP contribution in [0.5, 0.6) is 0 Å². The van der Waals surface area contributed by atoms with Crippen LogP contribution in [0.25, 0.3) is 5.57 Å². The molecule has 0 unspecified atom stereocenters. The van der Waals surface area contributed by atoms with Crippen LogP contribution < -0.4 is 0 Å². The first-order valence-corrected chi connectivity index (χ1v) is 6.67. The van der Waals surface area contributed by atoms with Gasteiger partial charge < -0.3 is 0 Å². The average molecular weight is 240 g/mol. The molecule has 0 fully saturated rings. The zero-order chi connectivity index (χ0) is 12.1. The van der Waals surface area contributed by atoms with Crippen LogP contribution in [0.4, 0.5) is 0 Å². The number of benzene rings is 2. The molecule has 0 bridgehead atoms. The predicted octanol–water partition coefficient (Wildman–Crippen LogP) is 4.80. The summed E-state index contributed by atoms with van der Waals surface area (Å²) in [6.07, 6.45) is 0. The quantitative estimate of drug-likeness (QED) is 0.692. The summed E-state index contributed by atoms with van der Waals surface area (Å²) in [5.74, 6) is 0.938. The zero-order valence-electron chi connectivity index (χ0n) is 10.0. The summed E-state index contributed by atoms with van der Waals surface area (Å²) in [5, 5.41) is 0. The van der Waals surface area contributed by atoms with Gasteiger partial charge in [0.05, 0.1) is 0 Å². The minimum Gasteiger partial charge on any atom is -0.121 e. The molecule has 0 atom stereocenters. The van der Waals surface area contributed by atoms with Gasteiger partial charge in [0.1, 0.15) is 0 Å². The van der Waals surface area contributed by atoms with Gasteiger partial charge in [-0.05, 0) is 30.2 Å². The predicted molar refractivity (Wildman–Crippen MR) is 77.4 cm³/mol. The van der Waals surface area contributed by atoms with Crippen LogP contribution in [0.1, 0.15) is 11.1 Å². The Bertz CT molecular complexity index is 483. The summed E-state index contributed by atoms with van der Waals surface area (Å²) in [7, 11) is 0. The highest BCUT2D eigenvalue weighted by atomic mass is 32.2. The smallest absolute Gasteiger partial charge is 0.0232 e. The summed E-state index contributed by atoms with van der Waals surface area (Å²) in [4.78, 5) is 1.30. The van der Waals surface area contributed by atoms with Gasteiger partial charge in [-0.15, -0.1) is 11.8 Å². The zero-order valence-corrected chi connectivity index (χ0v) is 10.8. The van der Waals surface area contributed by atoms with Gasteiger partial charge in [0.15, 0.2) is 0 Å². The minimum atomic E-state index is 0.938. The molecule has 0 saturated heterocycles. The Morgan fingerprint density at radius 2 is 1.65 bits per heavy atom.